The number of nitrogens with one attached hydrogen (secondary N) is 1. The highest BCUT2D eigenvalue weighted by molar-refractivity contribution is 9.10. The molecule has 0 aliphatic carbocycles. The number of amides is 1. The second-order valence-corrected chi connectivity index (χ2v) is 4.12. The van der Waals surface area contributed by atoms with Crippen LogP contribution in [0, 0.1) is 0 Å². The van der Waals surface area contributed by atoms with Gasteiger partial charge in [0.25, 0.3) is 0 Å². The maximum Gasteiger partial charge on any atom is 0.241 e. The van der Waals surface area contributed by atoms with Gasteiger partial charge in [-0.05, 0) is 22.4 Å². The number of carbonyl (C=O) groups is 1. The highest BCUT2D eigenvalue weighted by Gasteiger charge is 2.06. The Labute approximate surface area is 97.1 Å². The van der Waals surface area contributed by atoms with Crippen molar-refractivity contribution >= 4 is 27.7 Å². The minimum atomic E-state index is -0.0431. The molecular weight excluding hydrogens is 260 g/mol. The molecule has 0 aromatic carbocycles. The van der Waals surface area contributed by atoms with Crippen LogP contribution in [0.15, 0.2) is 10.7 Å². The molecule has 0 spiro atoms. The zero-order chi connectivity index (χ0) is 11.3. The van der Waals surface area contributed by atoms with Gasteiger partial charge in [0.2, 0.25) is 5.91 Å². The number of nitrogens with zero attached hydrogens (tertiary/aromatic N) is 2. The van der Waals surface area contributed by atoms with E-state index in [4.69, 9.17) is 5.73 Å². The summed E-state index contributed by atoms with van der Waals surface area (Å²) in [6.07, 6.45) is 3.76. The number of halogens is 1. The SMILES string of the molecule is CCCCNC(=O)Cn1cc(Br)c(N)n1. The first-order chi connectivity index (χ1) is 7.13. The number of hydrogen-bond donors (Lipinski definition) is 2. The molecule has 15 heavy (non-hydrogen) atoms. The van der Waals surface area contributed by atoms with E-state index in [-0.39, 0.29) is 12.5 Å². The fraction of sp³-hybridized carbons (Fsp3) is 0.556. The molecule has 6 heteroatoms. The third-order valence-electron chi connectivity index (χ3n) is 1.90. The van der Waals surface area contributed by atoms with E-state index in [0.29, 0.717) is 16.8 Å². The second-order valence-electron chi connectivity index (χ2n) is 3.26. The molecule has 0 saturated carbocycles. The number of carbonyl (C=O) groups excluding carboxylic acids is 1. The lowest BCUT2D eigenvalue weighted by Gasteiger charge is -2.03. The highest BCUT2D eigenvalue weighted by atomic mass is 79.9. The molecule has 5 nitrogen and oxygen atoms in total. The lowest BCUT2D eigenvalue weighted by molar-refractivity contribution is -0.121. The highest BCUT2D eigenvalue weighted by Crippen LogP contribution is 2.15. The molecule has 3 N–H and O–H groups in total. The van der Waals surface area contributed by atoms with E-state index in [0.717, 1.165) is 12.8 Å². The van der Waals surface area contributed by atoms with Crippen LogP contribution in [-0.2, 0) is 11.3 Å². The van der Waals surface area contributed by atoms with Crippen molar-refractivity contribution in [1.82, 2.24) is 15.1 Å². The van der Waals surface area contributed by atoms with Gasteiger partial charge in [-0.25, -0.2) is 0 Å². The van der Waals surface area contributed by atoms with Crippen LogP contribution in [0.4, 0.5) is 5.82 Å². The molecule has 1 rings (SSSR count). The van der Waals surface area contributed by atoms with Gasteiger partial charge in [0.1, 0.15) is 6.54 Å². The van der Waals surface area contributed by atoms with Gasteiger partial charge >= 0.3 is 0 Å². The average molecular weight is 275 g/mol. The Morgan fingerprint density at radius 1 is 1.73 bits per heavy atom. The summed E-state index contributed by atoms with van der Waals surface area (Å²) in [6.45, 7) is 3.00. The lowest BCUT2D eigenvalue weighted by atomic mass is 10.3. The van der Waals surface area contributed by atoms with Gasteiger partial charge in [0.15, 0.2) is 5.82 Å². The third-order valence-corrected chi connectivity index (χ3v) is 2.51. The summed E-state index contributed by atoms with van der Waals surface area (Å²) in [5.74, 6) is 0.356. The number of aromatic nitrogens is 2. The minimum absolute atomic E-state index is 0.0431. The Hall–Kier alpha value is -1.04. The summed E-state index contributed by atoms with van der Waals surface area (Å²) in [4.78, 5) is 11.4. The molecule has 1 heterocycles. The third kappa shape index (κ3) is 3.91. The standard InChI is InChI=1S/C9H15BrN4O/c1-2-3-4-12-8(15)6-14-5-7(10)9(11)13-14/h5H,2-4,6H2,1H3,(H2,11,13)(H,12,15). The fourth-order valence-electron chi connectivity index (χ4n) is 1.10. The molecule has 84 valence electrons. The molecule has 0 radical (unpaired) electrons. The van der Waals surface area contributed by atoms with E-state index in [1.165, 1.54) is 4.68 Å². The number of nitrogens with two attached hydrogens (primary N) is 1. The van der Waals surface area contributed by atoms with Crippen LogP contribution >= 0.6 is 15.9 Å². The van der Waals surface area contributed by atoms with Crippen molar-refractivity contribution in [3.05, 3.63) is 10.7 Å². The molecule has 0 fully saturated rings. The van der Waals surface area contributed by atoms with Crippen molar-refractivity contribution in [3.8, 4) is 0 Å². The van der Waals surface area contributed by atoms with Crippen molar-refractivity contribution in [1.29, 1.82) is 0 Å². The first-order valence-electron chi connectivity index (χ1n) is 4.88. The first kappa shape index (κ1) is 12.0. The molecule has 1 amide bonds. The van der Waals surface area contributed by atoms with E-state index < -0.39 is 0 Å². The molecule has 0 atom stereocenters. The number of rotatable bonds is 5. The van der Waals surface area contributed by atoms with Gasteiger partial charge in [-0.3, -0.25) is 9.48 Å². The quantitative estimate of drug-likeness (QED) is 0.791. The summed E-state index contributed by atoms with van der Waals surface area (Å²) >= 11 is 3.23. The molecule has 0 aliphatic heterocycles. The molecule has 0 unspecified atom stereocenters. The number of anilines is 1. The molecule has 1 aromatic heterocycles. The monoisotopic (exact) mass is 274 g/mol. The maximum atomic E-state index is 11.4. The second kappa shape index (κ2) is 5.75. The summed E-state index contributed by atoms with van der Waals surface area (Å²) in [6, 6.07) is 0. The summed E-state index contributed by atoms with van der Waals surface area (Å²) < 4.78 is 2.23. The first-order valence-corrected chi connectivity index (χ1v) is 5.68. The van der Waals surface area contributed by atoms with Crippen LogP contribution in [0.5, 0.6) is 0 Å². The molecule has 0 saturated heterocycles. The normalized spacial score (nSPS) is 10.3. The van der Waals surface area contributed by atoms with Crippen molar-refractivity contribution in [2.75, 3.05) is 12.3 Å². The summed E-state index contributed by atoms with van der Waals surface area (Å²) in [7, 11) is 0. The van der Waals surface area contributed by atoms with Gasteiger partial charge in [0, 0.05) is 12.7 Å². The zero-order valence-electron chi connectivity index (χ0n) is 8.66. The van der Waals surface area contributed by atoms with Crippen LogP contribution < -0.4 is 11.1 Å². The number of nitrogen functional groups attached to an aromatic ring is 1. The van der Waals surface area contributed by atoms with E-state index >= 15 is 0 Å². The van der Waals surface area contributed by atoms with Gasteiger partial charge in [-0.15, -0.1) is 0 Å². The largest absolute Gasteiger partial charge is 0.381 e. The van der Waals surface area contributed by atoms with E-state index in [9.17, 15) is 4.79 Å². The van der Waals surface area contributed by atoms with E-state index in [1.54, 1.807) is 6.20 Å². The van der Waals surface area contributed by atoms with Crippen LogP contribution in [0.25, 0.3) is 0 Å². The van der Waals surface area contributed by atoms with E-state index in [2.05, 4.69) is 33.3 Å². The minimum Gasteiger partial charge on any atom is -0.381 e. The van der Waals surface area contributed by atoms with Gasteiger partial charge in [0.05, 0.1) is 4.47 Å². The van der Waals surface area contributed by atoms with Crippen molar-refractivity contribution < 1.29 is 4.79 Å². The van der Waals surface area contributed by atoms with Gasteiger partial charge < -0.3 is 11.1 Å². The predicted molar refractivity (Wildman–Crippen MR) is 62.3 cm³/mol. The summed E-state index contributed by atoms with van der Waals surface area (Å²) in [5, 5.41) is 6.77. The number of unbranched alkanes of at least 4 members (excludes halogenated alkanes) is 1. The zero-order valence-corrected chi connectivity index (χ0v) is 10.2. The van der Waals surface area contributed by atoms with Crippen LogP contribution in [0.1, 0.15) is 19.8 Å². The Bertz CT molecular complexity index is 317. The van der Waals surface area contributed by atoms with Gasteiger partial charge in [-0.2, -0.15) is 5.10 Å². The van der Waals surface area contributed by atoms with Crippen LogP contribution in [0.3, 0.4) is 0 Å². The smallest absolute Gasteiger partial charge is 0.241 e. The fourth-order valence-corrected chi connectivity index (χ4v) is 1.42. The lowest BCUT2D eigenvalue weighted by Crippen LogP contribution is -2.28. The molecule has 0 aliphatic rings. The van der Waals surface area contributed by atoms with Gasteiger partial charge in [-0.1, -0.05) is 13.3 Å². The predicted octanol–water partition coefficient (Wildman–Crippen LogP) is 1.14. The van der Waals surface area contributed by atoms with Crippen molar-refractivity contribution in [2.45, 2.75) is 26.3 Å². The molecular formula is C9H15BrN4O. The van der Waals surface area contributed by atoms with Crippen LogP contribution in [0.2, 0.25) is 0 Å². The van der Waals surface area contributed by atoms with E-state index in [1.807, 2.05) is 0 Å². The van der Waals surface area contributed by atoms with Crippen molar-refractivity contribution in [3.63, 3.8) is 0 Å². The Kier molecular flexibility index (Phi) is 4.61. The van der Waals surface area contributed by atoms with Crippen LogP contribution in [-0.4, -0.2) is 22.2 Å². The average Bonchev–Trinajstić information content (AvgIpc) is 2.46. The Balaban J connectivity index is 2.37. The summed E-state index contributed by atoms with van der Waals surface area (Å²) in [5.41, 5.74) is 5.53. The topological polar surface area (TPSA) is 72.9 Å². The Morgan fingerprint density at radius 2 is 2.47 bits per heavy atom. The maximum absolute atomic E-state index is 11.4. The van der Waals surface area contributed by atoms with Crippen molar-refractivity contribution in [2.24, 2.45) is 0 Å². The number of hydrogen-bond acceptors (Lipinski definition) is 3. The Morgan fingerprint density at radius 3 is 3.00 bits per heavy atom. The molecule has 0 bridgehead atoms. The molecule has 1 aromatic rings.